The number of aliphatic hydroxyl groups excluding tert-OH is 1. The van der Waals surface area contributed by atoms with Crippen LogP contribution in [0.1, 0.15) is 13.8 Å². The Balaban J connectivity index is 1.78. The van der Waals surface area contributed by atoms with Crippen LogP contribution in [-0.4, -0.2) is 32.9 Å². The molecule has 3 aromatic rings. The highest BCUT2D eigenvalue weighted by Crippen LogP contribution is 2.24. The molecule has 1 aromatic carbocycles. The fourth-order valence-electron chi connectivity index (χ4n) is 2.31. The van der Waals surface area contributed by atoms with Gasteiger partial charge in [-0.1, -0.05) is 31.1 Å². The Morgan fingerprint density at radius 3 is 2.64 bits per heavy atom. The molecule has 1 atom stereocenters. The van der Waals surface area contributed by atoms with E-state index >= 15 is 0 Å². The van der Waals surface area contributed by atoms with Crippen LogP contribution in [0.3, 0.4) is 0 Å². The highest BCUT2D eigenvalue weighted by molar-refractivity contribution is 5.60. The third kappa shape index (κ3) is 3.83. The summed E-state index contributed by atoms with van der Waals surface area (Å²) in [4.78, 5) is 8.53. The van der Waals surface area contributed by atoms with Gasteiger partial charge in [-0.3, -0.25) is 0 Å². The van der Waals surface area contributed by atoms with Crippen LogP contribution in [0, 0.1) is 11.7 Å². The number of rotatable bonds is 6. The Morgan fingerprint density at radius 1 is 1.20 bits per heavy atom. The van der Waals surface area contributed by atoms with Gasteiger partial charge in [0.05, 0.1) is 23.8 Å². The lowest BCUT2D eigenvalue weighted by molar-refractivity contribution is 0.249. The highest BCUT2D eigenvalue weighted by atomic mass is 19.1. The molecule has 130 valence electrons. The van der Waals surface area contributed by atoms with Crippen molar-refractivity contribution in [2.75, 3.05) is 11.9 Å². The van der Waals surface area contributed by atoms with Gasteiger partial charge in [0.15, 0.2) is 0 Å². The van der Waals surface area contributed by atoms with Crippen molar-refractivity contribution < 1.29 is 14.0 Å². The number of benzene rings is 1. The summed E-state index contributed by atoms with van der Waals surface area (Å²) >= 11 is 0. The van der Waals surface area contributed by atoms with Crippen molar-refractivity contribution in [2.24, 2.45) is 5.92 Å². The predicted molar refractivity (Wildman–Crippen MR) is 92.3 cm³/mol. The Bertz CT molecular complexity index is 833. The lowest BCUT2D eigenvalue weighted by atomic mass is 10.1. The number of nitrogens with zero attached hydrogens (tertiary/aromatic N) is 3. The van der Waals surface area contributed by atoms with Gasteiger partial charge in [-0.15, -0.1) is 0 Å². The molecule has 0 radical (unpaired) electrons. The quantitative estimate of drug-likeness (QED) is 0.714. The summed E-state index contributed by atoms with van der Waals surface area (Å²) in [5, 5.41) is 16.4. The Morgan fingerprint density at radius 2 is 2.00 bits per heavy atom. The number of nitrogens with one attached hydrogen (secondary N) is 1. The number of anilines is 1. The second kappa shape index (κ2) is 7.40. The highest BCUT2D eigenvalue weighted by Gasteiger charge is 2.15. The fraction of sp³-hybridized carbons (Fsp3) is 0.278. The van der Waals surface area contributed by atoms with Gasteiger partial charge in [0, 0.05) is 6.20 Å². The Hall–Kier alpha value is -2.80. The van der Waals surface area contributed by atoms with Crippen molar-refractivity contribution in [1.82, 2.24) is 15.1 Å². The molecule has 2 heterocycles. The van der Waals surface area contributed by atoms with E-state index in [9.17, 15) is 9.50 Å². The van der Waals surface area contributed by atoms with E-state index in [2.05, 4.69) is 20.4 Å². The number of halogens is 1. The molecule has 0 bridgehead atoms. The van der Waals surface area contributed by atoms with Crippen molar-refractivity contribution >= 4 is 5.82 Å². The average molecular weight is 342 g/mol. The third-order valence-corrected chi connectivity index (χ3v) is 3.89. The molecule has 2 N–H and O–H groups in total. The number of hydrogen-bond acceptors (Lipinski definition) is 6. The summed E-state index contributed by atoms with van der Waals surface area (Å²) in [6.07, 6.45) is 1.59. The molecule has 0 aliphatic heterocycles. The van der Waals surface area contributed by atoms with Crippen molar-refractivity contribution in [3.8, 4) is 22.8 Å². The summed E-state index contributed by atoms with van der Waals surface area (Å²) in [5.41, 5.74) is 0.914. The maximum absolute atomic E-state index is 13.8. The zero-order valence-electron chi connectivity index (χ0n) is 14.0. The molecule has 0 fully saturated rings. The van der Waals surface area contributed by atoms with Gasteiger partial charge in [-0.2, -0.15) is 4.98 Å². The SMILES string of the molecule is CC(C)[C@H](CO)Nc1ccc(-c2nc(-c3ccccc3F)no2)cn1. The van der Waals surface area contributed by atoms with Crippen LogP contribution >= 0.6 is 0 Å². The van der Waals surface area contributed by atoms with Gasteiger partial charge in [-0.05, 0) is 30.2 Å². The molecule has 0 amide bonds. The van der Waals surface area contributed by atoms with Gasteiger partial charge >= 0.3 is 0 Å². The lowest BCUT2D eigenvalue weighted by Gasteiger charge is -2.20. The molecule has 0 aliphatic rings. The zero-order valence-corrected chi connectivity index (χ0v) is 14.0. The largest absolute Gasteiger partial charge is 0.394 e. The molecule has 0 spiro atoms. The van der Waals surface area contributed by atoms with Crippen LogP contribution in [0.25, 0.3) is 22.8 Å². The molecule has 2 aromatic heterocycles. The summed E-state index contributed by atoms with van der Waals surface area (Å²) in [6.45, 7) is 4.06. The predicted octanol–water partition coefficient (Wildman–Crippen LogP) is 3.37. The van der Waals surface area contributed by atoms with Crippen LogP contribution in [0.5, 0.6) is 0 Å². The molecular formula is C18H19FN4O2. The summed E-state index contributed by atoms with van der Waals surface area (Å²) in [5.74, 6) is 0.961. The summed E-state index contributed by atoms with van der Waals surface area (Å²) < 4.78 is 19.0. The second-order valence-electron chi connectivity index (χ2n) is 6.01. The Labute approximate surface area is 144 Å². The van der Waals surface area contributed by atoms with Crippen molar-refractivity contribution in [3.05, 3.63) is 48.4 Å². The van der Waals surface area contributed by atoms with E-state index < -0.39 is 5.82 Å². The molecular weight excluding hydrogens is 323 g/mol. The van der Waals surface area contributed by atoms with Crippen LogP contribution in [0.15, 0.2) is 47.1 Å². The smallest absolute Gasteiger partial charge is 0.259 e. The average Bonchev–Trinajstić information content (AvgIpc) is 3.10. The monoisotopic (exact) mass is 342 g/mol. The second-order valence-corrected chi connectivity index (χ2v) is 6.01. The molecule has 0 unspecified atom stereocenters. The van der Waals surface area contributed by atoms with Gasteiger partial charge in [-0.25, -0.2) is 9.37 Å². The summed E-state index contributed by atoms with van der Waals surface area (Å²) in [6, 6.07) is 9.73. The van der Waals surface area contributed by atoms with Gasteiger partial charge in [0.25, 0.3) is 5.89 Å². The first-order valence-corrected chi connectivity index (χ1v) is 8.01. The van der Waals surface area contributed by atoms with E-state index in [1.54, 1.807) is 36.5 Å². The van der Waals surface area contributed by atoms with E-state index in [1.165, 1.54) is 6.07 Å². The van der Waals surface area contributed by atoms with Gasteiger partial charge in [0.1, 0.15) is 11.6 Å². The van der Waals surface area contributed by atoms with Gasteiger partial charge in [0.2, 0.25) is 5.82 Å². The maximum atomic E-state index is 13.8. The van der Waals surface area contributed by atoms with Crippen molar-refractivity contribution in [2.45, 2.75) is 19.9 Å². The van der Waals surface area contributed by atoms with Crippen LogP contribution < -0.4 is 5.32 Å². The zero-order chi connectivity index (χ0) is 17.8. The number of pyridine rings is 1. The fourth-order valence-corrected chi connectivity index (χ4v) is 2.31. The van der Waals surface area contributed by atoms with E-state index in [-0.39, 0.29) is 35.8 Å². The maximum Gasteiger partial charge on any atom is 0.259 e. The standard InChI is InChI=1S/C18H19FN4O2/c1-11(2)15(10-24)21-16-8-7-12(9-20-16)18-22-17(23-25-18)13-5-3-4-6-14(13)19/h3-9,11,15,24H,10H2,1-2H3,(H,20,21)/t15-/m0/s1. The van der Waals surface area contributed by atoms with E-state index in [4.69, 9.17) is 4.52 Å². The number of hydrogen-bond donors (Lipinski definition) is 2. The van der Waals surface area contributed by atoms with E-state index in [0.717, 1.165) is 0 Å². The van der Waals surface area contributed by atoms with Crippen molar-refractivity contribution in [3.63, 3.8) is 0 Å². The Kier molecular flexibility index (Phi) is 5.04. The number of aliphatic hydroxyl groups is 1. The van der Waals surface area contributed by atoms with E-state index in [1.807, 2.05) is 13.8 Å². The topological polar surface area (TPSA) is 84.1 Å². The molecule has 7 heteroatoms. The molecule has 25 heavy (non-hydrogen) atoms. The molecule has 0 aliphatic carbocycles. The van der Waals surface area contributed by atoms with E-state index in [0.29, 0.717) is 11.4 Å². The first-order chi connectivity index (χ1) is 12.1. The lowest BCUT2D eigenvalue weighted by Crippen LogP contribution is -2.29. The van der Waals surface area contributed by atoms with Crippen LogP contribution in [-0.2, 0) is 0 Å². The molecule has 6 nitrogen and oxygen atoms in total. The molecule has 0 saturated heterocycles. The van der Waals surface area contributed by atoms with Crippen LogP contribution in [0.4, 0.5) is 10.2 Å². The van der Waals surface area contributed by atoms with Crippen LogP contribution in [0.2, 0.25) is 0 Å². The summed E-state index contributed by atoms with van der Waals surface area (Å²) in [7, 11) is 0. The van der Waals surface area contributed by atoms with Crippen molar-refractivity contribution in [1.29, 1.82) is 0 Å². The minimum atomic E-state index is -0.406. The first kappa shape index (κ1) is 17.0. The molecule has 0 saturated carbocycles. The molecule has 3 rings (SSSR count). The van der Waals surface area contributed by atoms with Gasteiger partial charge < -0.3 is 14.9 Å². The minimum absolute atomic E-state index is 0.0246. The minimum Gasteiger partial charge on any atom is -0.394 e. The third-order valence-electron chi connectivity index (χ3n) is 3.89. The normalized spacial score (nSPS) is 12.4. The number of aromatic nitrogens is 3. The first-order valence-electron chi connectivity index (χ1n) is 8.01.